The normalized spacial score (nSPS) is 14.8. The third kappa shape index (κ3) is 3.46. The minimum atomic E-state index is -0.603. The second-order valence-corrected chi connectivity index (χ2v) is 6.41. The molecule has 1 aliphatic heterocycles. The molecule has 0 saturated heterocycles. The largest absolute Gasteiger partial charge is 0.342 e. The molecule has 0 spiro atoms. The van der Waals surface area contributed by atoms with Crippen LogP contribution in [-0.4, -0.2) is 18.8 Å². The molecule has 5 nitrogen and oxygen atoms in total. The lowest BCUT2D eigenvalue weighted by Crippen LogP contribution is -2.41. The summed E-state index contributed by atoms with van der Waals surface area (Å²) in [7, 11) is 0. The molecular formula is C18H14Cl2N4O. The van der Waals surface area contributed by atoms with E-state index in [-0.39, 0.29) is 6.03 Å². The molecule has 1 unspecified atom stereocenters. The standard InChI is InChI=1S/C18H14Cl2N4O/c1-11-2-4-12(5-3-11)14(10-21)17-15(19)8-13(9-16(17)20)24-18(25)22-6-7-23-24/h2-5,7-9,14H,6H2,1H3,(H,22,25). The van der Waals surface area contributed by atoms with E-state index in [2.05, 4.69) is 16.5 Å². The van der Waals surface area contributed by atoms with Gasteiger partial charge in [-0.3, -0.25) is 0 Å². The first kappa shape index (κ1) is 17.3. The quantitative estimate of drug-likeness (QED) is 0.862. The van der Waals surface area contributed by atoms with E-state index < -0.39 is 5.92 Å². The molecule has 2 aromatic rings. The maximum Gasteiger partial charge on any atom is 0.342 e. The number of nitrogens with zero attached hydrogens (tertiary/aromatic N) is 3. The Bertz CT molecular complexity index is 864. The summed E-state index contributed by atoms with van der Waals surface area (Å²) in [5, 5.41) is 18.1. The average molecular weight is 373 g/mol. The van der Waals surface area contributed by atoms with E-state index in [0.717, 1.165) is 11.1 Å². The Morgan fingerprint density at radius 3 is 2.44 bits per heavy atom. The van der Waals surface area contributed by atoms with Crippen LogP contribution in [0.1, 0.15) is 22.6 Å². The molecule has 126 valence electrons. The first-order valence-electron chi connectivity index (χ1n) is 7.57. The Hall–Kier alpha value is -2.55. The summed E-state index contributed by atoms with van der Waals surface area (Å²) in [4.78, 5) is 11.9. The molecule has 3 rings (SSSR count). The molecule has 1 heterocycles. The van der Waals surface area contributed by atoms with Gasteiger partial charge in [-0.05, 0) is 24.6 Å². The lowest BCUT2D eigenvalue weighted by Gasteiger charge is -2.22. The Kier molecular flexibility index (Phi) is 4.93. The van der Waals surface area contributed by atoms with Gasteiger partial charge in [0.05, 0.1) is 24.2 Å². The number of nitrogens with one attached hydrogen (secondary N) is 1. The topological polar surface area (TPSA) is 68.5 Å². The van der Waals surface area contributed by atoms with Gasteiger partial charge in [0.1, 0.15) is 0 Å². The third-order valence-corrected chi connectivity index (χ3v) is 4.50. The first-order valence-corrected chi connectivity index (χ1v) is 8.32. The fourth-order valence-electron chi connectivity index (χ4n) is 2.60. The molecule has 7 heteroatoms. The molecule has 0 bridgehead atoms. The lowest BCUT2D eigenvalue weighted by molar-refractivity contribution is 0.247. The van der Waals surface area contributed by atoms with Gasteiger partial charge in [0.15, 0.2) is 0 Å². The number of amides is 2. The van der Waals surface area contributed by atoms with Crippen LogP contribution in [0.25, 0.3) is 0 Å². The molecule has 0 radical (unpaired) electrons. The number of rotatable bonds is 3. The molecule has 2 aromatic carbocycles. The number of urea groups is 1. The SMILES string of the molecule is Cc1ccc(C(C#N)c2c(Cl)cc(N3N=CCNC3=O)cc2Cl)cc1. The van der Waals surface area contributed by atoms with Crippen LogP contribution in [-0.2, 0) is 0 Å². The predicted octanol–water partition coefficient (Wildman–Crippen LogP) is 4.47. The van der Waals surface area contributed by atoms with Gasteiger partial charge in [-0.1, -0.05) is 53.0 Å². The number of carbonyl (C=O) groups is 1. The summed E-state index contributed by atoms with van der Waals surface area (Å²) in [5.41, 5.74) is 2.85. The summed E-state index contributed by atoms with van der Waals surface area (Å²) in [6.07, 6.45) is 1.57. The van der Waals surface area contributed by atoms with Gasteiger partial charge < -0.3 is 5.32 Å². The first-order chi connectivity index (χ1) is 12.0. The van der Waals surface area contributed by atoms with Gasteiger partial charge in [0.25, 0.3) is 0 Å². The summed E-state index contributed by atoms with van der Waals surface area (Å²) in [5.74, 6) is -0.603. The predicted molar refractivity (Wildman–Crippen MR) is 99.5 cm³/mol. The van der Waals surface area contributed by atoms with Crippen molar-refractivity contribution < 1.29 is 4.79 Å². The van der Waals surface area contributed by atoms with E-state index in [9.17, 15) is 10.1 Å². The van der Waals surface area contributed by atoms with Crippen LogP contribution in [0.2, 0.25) is 10.0 Å². The highest BCUT2D eigenvalue weighted by atomic mass is 35.5. The number of carbonyl (C=O) groups excluding carboxylic acids is 1. The van der Waals surface area contributed by atoms with Crippen molar-refractivity contribution in [2.75, 3.05) is 11.6 Å². The highest BCUT2D eigenvalue weighted by Crippen LogP contribution is 2.38. The zero-order chi connectivity index (χ0) is 18.0. The molecule has 0 saturated carbocycles. The second kappa shape index (κ2) is 7.14. The van der Waals surface area contributed by atoms with Crippen LogP contribution in [0.4, 0.5) is 10.5 Å². The highest BCUT2D eigenvalue weighted by molar-refractivity contribution is 6.36. The van der Waals surface area contributed by atoms with Crippen molar-refractivity contribution in [3.8, 4) is 6.07 Å². The van der Waals surface area contributed by atoms with Gasteiger partial charge in [0, 0.05) is 21.8 Å². The van der Waals surface area contributed by atoms with E-state index in [1.54, 1.807) is 18.3 Å². The maximum atomic E-state index is 11.9. The van der Waals surface area contributed by atoms with E-state index in [1.807, 2.05) is 31.2 Å². The fraction of sp³-hybridized carbons (Fsp3) is 0.167. The average Bonchev–Trinajstić information content (AvgIpc) is 2.59. The molecule has 1 aliphatic rings. The van der Waals surface area contributed by atoms with Gasteiger partial charge in [-0.15, -0.1) is 0 Å². The molecule has 0 aromatic heterocycles. The van der Waals surface area contributed by atoms with Crippen molar-refractivity contribution in [1.82, 2.24) is 5.32 Å². The molecule has 0 fully saturated rings. The fourth-order valence-corrected chi connectivity index (χ4v) is 3.29. The highest BCUT2D eigenvalue weighted by Gasteiger charge is 2.24. The van der Waals surface area contributed by atoms with Gasteiger partial charge in [-0.25, -0.2) is 4.79 Å². The maximum absolute atomic E-state index is 11.9. The Morgan fingerprint density at radius 2 is 1.88 bits per heavy atom. The summed E-state index contributed by atoms with van der Waals surface area (Å²) in [6.45, 7) is 2.35. The molecule has 25 heavy (non-hydrogen) atoms. The van der Waals surface area contributed by atoms with E-state index in [4.69, 9.17) is 23.2 Å². The Balaban J connectivity index is 2.04. The molecule has 0 aliphatic carbocycles. The van der Waals surface area contributed by atoms with Crippen LogP contribution in [0.3, 0.4) is 0 Å². The number of hydrogen-bond acceptors (Lipinski definition) is 3. The van der Waals surface area contributed by atoms with Crippen LogP contribution in [0, 0.1) is 18.3 Å². The summed E-state index contributed by atoms with van der Waals surface area (Å²) >= 11 is 12.8. The smallest absolute Gasteiger partial charge is 0.331 e. The molecule has 1 N–H and O–H groups in total. The third-order valence-electron chi connectivity index (χ3n) is 3.87. The van der Waals surface area contributed by atoms with E-state index in [0.29, 0.717) is 27.8 Å². The monoisotopic (exact) mass is 372 g/mol. The van der Waals surface area contributed by atoms with Crippen LogP contribution >= 0.6 is 23.2 Å². The number of aryl methyl sites for hydroxylation is 1. The summed E-state index contributed by atoms with van der Waals surface area (Å²) < 4.78 is 0. The number of hydrazone groups is 1. The van der Waals surface area contributed by atoms with Gasteiger partial charge in [-0.2, -0.15) is 15.4 Å². The zero-order valence-corrected chi connectivity index (χ0v) is 14.8. The number of halogens is 2. The van der Waals surface area contributed by atoms with E-state index in [1.165, 1.54) is 5.01 Å². The lowest BCUT2D eigenvalue weighted by atomic mass is 9.91. The summed E-state index contributed by atoms with van der Waals surface area (Å²) in [6, 6.07) is 12.7. The van der Waals surface area contributed by atoms with E-state index >= 15 is 0 Å². The van der Waals surface area contributed by atoms with Crippen molar-refractivity contribution in [3.05, 3.63) is 63.1 Å². The number of anilines is 1. The Labute approximate surface area is 155 Å². The second-order valence-electron chi connectivity index (χ2n) is 5.59. The van der Waals surface area contributed by atoms with Crippen molar-refractivity contribution in [2.45, 2.75) is 12.8 Å². The number of nitriles is 1. The van der Waals surface area contributed by atoms with Crippen molar-refractivity contribution in [3.63, 3.8) is 0 Å². The van der Waals surface area contributed by atoms with Crippen LogP contribution in [0.5, 0.6) is 0 Å². The van der Waals surface area contributed by atoms with Crippen molar-refractivity contribution in [2.24, 2.45) is 5.10 Å². The minimum Gasteiger partial charge on any atom is -0.331 e. The van der Waals surface area contributed by atoms with Gasteiger partial charge >= 0.3 is 6.03 Å². The molecule has 1 atom stereocenters. The van der Waals surface area contributed by atoms with Crippen LogP contribution in [0.15, 0.2) is 41.5 Å². The minimum absolute atomic E-state index is 0.309. The van der Waals surface area contributed by atoms with Gasteiger partial charge in [0.2, 0.25) is 0 Å². The van der Waals surface area contributed by atoms with Crippen molar-refractivity contribution >= 4 is 41.1 Å². The zero-order valence-electron chi connectivity index (χ0n) is 13.3. The Morgan fingerprint density at radius 1 is 1.24 bits per heavy atom. The van der Waals surface area contributed by atoms with Crippen LogP contribution < -0.4 is 10.3 Å². The van der Waals surface area contributed by atoms with Crippen molar-refractivity contribution in [1.29, 1.82) is 5.26 Å². The number of hydrogen-bond donors (Lipinski definition) is 1. The number of benzene rings is 2. The molecule has 2 amide bonds. The molecular weight excluding hydrogens is 359 g/mol.